The Hall–Kier alpha value is -1.03. The van der Waals surface area contributed by atoms with E-state index in [2.05, 4.69) is 36.7 Å². The van der Waals surface area contributed by atoms with E-state index in [0.29, 0.717) is 23.3 Å². The van der Waals surface area contributed by atoms with E-state index < -0.39 is 0 Å². The van der Waals surface area contributed by atoms with E-state index in [9.17, 15) is 4.79 Å². The fraction of sp³-hybridized carbons (Fsp3) is 0.588. The van der Waals surface area contributed by atoms with Crippen LogP contribution in [0.2, 0.25) is 0 Å². The molecule has 116 valence electrons. The molecule has 21 heavy (non-hydrogen) atoms. The van der Waals surface area contributed by atoms with E-state index in [1.807, 2.05) is 17.0 Å². The van der Waals surface area contributed by atoms with Crippen LogP contribution < -0.4 is 4.74 Å². The van der Waals surface area contributed by atoms with Crippen molar-refractivity contribution in [1.29, 1.82) is 0 Å². The largest absolute Gasteiger partial charge is 0.495 e. The van der Waals surface area contributed by atoms with Gasteiger partial charge in [0.1, 0.15) is 5.75 Å². The van der Waals surface area contributed by atoms with Crippen LogP contribution in [0.25, 0.3) is 0 Å². The Kier molecular flexibility index (Phi) is 5.31. The summed E-state index contributed by atoms with van der Waals surface area (Å²) in [6.45, 7) is 7.23. The lowest BCUT2D eigenvalue weighted by Gasteiger charge is -2.34. The van der Waals surface area contributed by atoms with Gasteiger partial charge in [-0.25, -0.2) is 0 Å². The van der Waals surface area contributed by atoms with E-state index in [1.54, 1.807) is 7.11 Å². The minimum atomic E-state index is 0.0854. The molecule has 1 atom stereocenters. The fourth-order valence-corrected chi connectivity index (χ4v) is 3.51. The molecule has 0 aliphatic carbocycles. The Labute approximate surface area is 135 Å². The monoisotopic (exact) mass is 353 g/mol. The summed E-state index contributed by atoms with van der Waals surface area (Å²) in [5.41, 5.74) is 1.82. The van der Waals surface area contributed by atoms with Crippen molar-refractivity contribution < 1.29 is 9.53 Å². The molecule has 1 aliphatic heterocycles. The average molecular weight is 354 g/mol. The summed E-state index contributed by atoms with van der Waals surface area (Å²) >= 11 is 3.54. The number of nitrogens with zero attached hydrogens (tertiary/aromatic N) is 1. The molecule has 2 rings (SSSR count). The van der Waals surface area contributed by atoms with Crippen molar-refractivity contribution in [2.24, 2.45) is 0 Å². The second-order valence-corrected chi connectivity index (χ2v) is 6.94. The zero-order valence-electron chi connectivity index (χ0n) is 13.3. The molecule has 0 saturated carbocycles. The lowest BCUT2D eigenvalue weighted by atomic mass is 9.98. The molecule has 3 nitrogen and oxygen atoms in total. The molecule has 0 spiro atoms. The van der Waals surface area contributed by atoms with E-state index in [0.717, 1.165) is 29.4 Å². The van der Waals surface area contributed by atoms with E-state index in [-0.39, 0.29) is 5.91 Å². The number of benzene rings is 1. The average Bonchev–Trinajstić information content (AvgIpc) is 2.46. The Morgan fingerprint density at radius 1 is 1.38 bits per heavy atom. The van der Waals surface area contributed by atoms with Gasteiger partial charge in [-0.2, -0.15) is 0 Å². The number of carbonyl (C=O) groups excluding carboxylic acids is 1. The first-order valence-electron chi connectivity index (χ1n) is 7.64. The Morgan fingerprint density at radius 2 is 2.10 bits per heavy atom. The number of halogens is 1. The highest BCUT2D eigenvalue weighted by Gasteiger charge is 2.27. The SMILES string of the molecule is COc1c(Br)cc(C(C)C)cc1C(=O)N1CCCCC1C. The van der Waals surface area contributed by atoms with Gasteiger partial charge in [-0.3, -0.25) is 4.79 Å². The number of piperidine rings is 1. The van der Waals surface area contributed by atoms with Gasteiger partial charge in [-0.05, 0) is 65.7 Å². The maximum atomic E-state index is 12.9. The summed E-state index contributed by atoms with van der Waals surface area (Å²) in [5, 5.41) is 0. The molecule has 1 fully saturated rings. The molecule has 1 aromatic rings. The zero-order chi connectivity index (χ0) is 15.6. The van der Waals surface area contributed by atoms with E-state index in [4.69, 9.17) is 4.74 Å². The second kappa shape index (κ2) is 6.82. The molecule has 4 heteroatoms. The van der Waals surface area contributed by atoms with E-state index >= 15 is 0 Å². The summed E-state index contributed by atoms with van der Waals surface area (Å²) in [6.07, 6.45) is 3.38. The summed E-state index contributed by atoms with van der Waals surface area (Å²) in [7, 11) is 1.62. The maximum absolute atomic E-state index is 12.9. The lowest BCUT2D eigenvalue weighted by Crippen LogP contribution is -2.42. The molecule has 0 bridgehead atoms. The van der Waals surface area contributed by atoms with Crippen molar-refractivity contribution in [3.8, 4) is 5.75 Å². The van der Waals surface area contributed by atoms with Crippen molar-refractivity contribution in [2.45, 2.75) is 52.0 Å². The number of amides is 1. The van der Waals surface area contributed by atoms with Gasteiger partial charge in [-0.1, -0.05) is 13.8 Å². The quantitative estimate of drug-likeness (QED) is 0.794. The molecule has 1 unspecified atom stereocenters. The molecule has 0 N–H and O–H groups in total. The van der Waals surface area contributed by atoms with Gasteiger partial charge in [-0.15, -0.1) is 0 Å². The Balaban J connectivity index is 2.43. The summed E-state index contributed by atoms with van der Waals surface area (Å²) in [5.74, 6) is 1.10. The van der Waals surface area contributed by atoms with Gasteiger partial charge in [0, 0.05) is 12.6 Å². The minimum Gasteiger partial charge on any atom is -0.495 e. The number of ether oxygens (including phenoxy) is 1. The van der Waals surface area contributed by atoms with Gasteiger partial charge < -0.3 is 9.64 Å². The molecule has 0 radical (unpaired) electrons. The Morgan fingerprint density at radius 3 is 2.67 bits per heavy atom. The van der Waals surface area contributed by atoms with Crippen LogP contribution in [-0.4, -0.2) is 30.5 Å². The van der Waals surface area contributed by atoms with Gasteiger partial charge in [0.25, 0.3) is 5.91 Å². The van der Waals surface area contributed by atoms with Crippen LogP contribution in [0.15, 0.2) is 16.6 Å². The van der Waals surface area contributed by atoms with Crippen LogP contribution in [0.1, 0.15) is 61.9 Å². The first kappa shape index (κ1) is 16.3. The standard InChI is InChI=1S/C17H24BrNO2/c1-11(2)13-9-14(16(21-4)15(18)10-13)17(20)19-8-6-5-7-12(19)3/h9-12H,5-8H2,1-4H3. The lowest BCUT2D eigenvalue weighted by molar-refractivity contribution is 0.0632. The summed E-state index contributed by atoms with van der Waals surface area (Å²) in [6, 6.07) is 4.33. The molecular formula is C17H24BrNO2. The zero-order valence-corrected chi connectivity index (χ0v) is 14.9. The number of hydrogen-bond donors (Lipinski definition) is 0. The van der Waals surface area contributed by atoms with Crippen molar-refractivity contribution in [3.05, 3.63) is 27.7 Å². The predicted molar refractivity (Wildman–Crippen MR) is 89.1 cm³/mol. The fourth-order valence-electron chi connectivity index (χ4n) is 2.87. The molecule has 1 amide bonds. The Bertz CT molecular complexity index is 528. The molecule has 0 aromatic heterocycles. The first-order chi connectivity index (χ1) is 9.95. The molecule has 1 aromatic carbocycles. The number of carbonyl (C=O) groups is 1. The van der Waals surface area contributed by atoms with Crippen molar-refractivity contribution >= 4 is 21.8 Å². The topological polar surface area (TPSA) is 29.5 Å². The van der Waals surface area contributed by atoms with Gasteiger partial charge in [0.2, 0.25) is 0 Å². The first-order valence-corrected chi connectivity index (χ1v) is 8.43. The van der Waals surface area contributed by atoms with Crippen LogP contribution in [0.3, 0.4) is 0 Å². The van der Waals surface area contributed by atoms with Gasteiger partial charge in [0.05, 0.1) is 17.1 Å². The smallest absolute Gasteiger partial charge is 0.257 e. The van der Waals surface area contributed by atoms with Crippen molar-refractivity contribution in [3.63, 3.8) is 0 Å². The summed E-state index contributed by atoms with van der Waals surface area (Å²) < 4.78 is 6.31. The van der Waals surface area contributed by atoms with E-state index in [1.165, 1.54) is 6.42 Å². The van der Waals surface area contributed by atoms with Crippen molar-refractivity contribution in [1.82, 2.24) is 4.90 Å². The summed E-state index contributed by atoms with van der Waals surface area (Å²) in [4.78, 5) is 14.9. The molecular weight excluding hydrogens is 330 g/mol. The highest BCUT2D eigenvalue weighted by atomic mass is 79.9. The third-order valence-electron chi connectivity index (χ3n) is 4.23. The molecule has 1 aliphatic rings. The van der Waals surface area contributed by atoms with Gasteiger partial charge >= 0.3 is 0 Å². The highest BCUT2D eigenvalue weighted by Crippen LogP contribution is 2.34. The van der Waals surface area contributed by atoms with Crippen LogP contribution in [-0.2, 0) is 0 Å². The number of hydrogen-bond acceptors (Lipinski definition) is 2. The number of likely N-dealkylation sites (tertiary alicyclic amines) is 1. The third kappa shape index (κ3) is 3.42. The predicted octanol–water partition coefficient (Wildman–Crippen LogP) is 4.60. The van der Waals surface area contributed by atoms with Crippen LogP contribution in [0.4, 0.5) is 0 Å². The van der Waals surface area contributed by atoms with Crippen LogP contribution >= 0.6 is 15.9 Å². The van der Waals surface area contributed by atoms with Crippen molar-refractivity contribution in [2.75, 3.05) is 13.7 Å². The second-order valence-electron chi connectivity index (χ2n) is 6.08. The maximum Gasteiger partial charge on any atom is 0.257 e. The van der Waals surface area contributed by atoms with Crippen LogP contribution in [0.5, 0.6) is 5.75 Å². The minimum absolute atomic E-state index is 0.0854. The molecule has 1 saturated heterocycles. The van der Waals surface area contributed by atoms with Gasteiger partial charge in [0.15, 0.2) is 0 Å². The number of rotatable bonds is 3. The molecule has 1 heterocycles. The third-order valence-corrected chi connectivity index (χ3v) is 4.82. The normalized spacial score (nSPS) is 19.0. The van der Waals surface area contributed by atoms with Crippen LogP contribution in [0, 0.1) is 0 Å². The number of methoxy groups -OCH3 is 1. The highest BCUT2D eigenvalue weighted by molar-refractivity contribution is 9.10.